The molecule has 0 radical (unpaired) electrons. The van der Waals surface area contributed by atoms with E-state index in [1.54, 1.807) is 23.1 Å². The van der Waals surface area contributed by atoms with Crippen molar-refractivity contribution in [3.05, 3.63) is 80.4 Å². The Hall–Kier alpha value is -4.21. The highest BCUT2D eigenvalue weighted by Crippen LogP contribution is 2.24. The van der Waals surface area contributed by atoms with Crippen LogP contribution in [0.5, 0.6) is 0 Å². The summed E-state index contributed by atoms with van der Waals surface area (Å²) in [6.07, 6.45) is 2.85. The fraction of sp³-hybridized carbons (Fsp3) is 0.217. The van der Waals surface area contributed by atoms with Crippen molar-refractivity contribution in [1.82, 2.24) is 9.88 Å². The van der Waals surface area contributed by atoms with Crippen molar-refractivity contribution in [3.63, 3.8) is 0 Å². The van der Waals surface area contributed by atoms with Gasteiger partial charge in [-0.15, -0.1) is 0 Å². The van der Waals surface area contributed by atoms with E-state index < -0.39 is 28.4 Å². The Bertz CT molecular complexity index is 1420. The van der Waals surface area contributed by atoms with Crippen molar-refractivity contribution < 1.29 is 18.4 Å². The Labute approximate surface area is 186 Å². The summed E-state index contributed by atoms with van der Waals surface area (Å²) in [6, 6.07) is 7.85. The van der Waals surface area contributed by atoms with Gasteiger partial charge in [0.05, 0.1) is 18.4 Å². The molecule has 1 aliphatic heterocycles. The fourth-order valence-electron chi connectivity index (χ4n) is 4.15. The van der Waals surface area contributed by atoms with Crippen LogP contribution < -0.4 is 21.1 Å². The maximum absolute atomic E-state index is 14.2. The van der Waals surface area contributed by atoms with Gasteiger partial charge in [0.25, 0.3) is 22.5 Å². The molecule has 0 aliphatic carbocycles. The second kappa shape index (κ2) is 8.05. The zero-order chi connectivity index (χ0) is 23.1. The summed E-state index contributed by atoms with van der Waals surface area (Å²) >= 11 is 0. The van der Waals surface area contributed by atoms with E-state index in [1.165, 1.54) is 29.5 Å². The number of ketones is 1. The van der Waals surface area contributed by atoms with E-state index in [4.69, 9.17) is 4.42 Å². The number of anilines is 2. The molecule has 0 spiro atoms. The first-order valence-electron chi connectivity index (χ1n) is 10.4. The van der Waals surface area contributed by atoms with Crippen molar-refractivity contribution in [2.45, 2.75) is 6.54 Å². The number of benzene rings is 1. The van der Waals surface area contributed by atoms with Crippen LogP contribution in [0.25, 0.3) is 10.9 Å². The quantitative estimate of drug-likeness (QED) is 0.339. The van der Waals surface area contributed by atoms with E-state index in [0.29, 0.717) is 11.3 Å². The molecule has 1 amide bonds. The van der Waals surface area contributed by atoms with E-state index in [9.17, 15) is 23.6 Å². The number of aromatic nitrogens is 1. The monoisotopic (exact) mass is 450 g/mol. The van der Waals surface area contributed by atoms with Gasteiger partial charge in [-0.1, -0.05) is 6.07 Å². The Kier molecular flexibility index (Phi) is 5.04. The first-order valence-corrected chi connectivity index (χ1v) is 10.4. The normalized spacial score (nSPS) is 14.2. The van der Waals surface area contributed by atoms with E-state index in [-0.39, 0.29) is 55.0 Å². The minimum atomic E-state index is -0.797. The molecule has 1 fully saturated rings. The predicted molar refractivity (Wildman–Crippen MR) is 119 cm³/mol. The van der Waals surface area contributed by atoms with Gasteiger partial charge < -0.3 is 24.5 Å². The Morgan fingerprint density at radius 1 is 1.06 bits per heavy atom. The molecule has 5 rings (SSSR count). The van der Waals surface area contributed by atoms with Crippen LogP contribution in [-0.4, -0.2) is 47.8 Å². The number of nitrogens with zero attached hydrogens (tertiary/aromatic N) is 2. The molecular formula is C23H19FN4O5. The van der Waals surface area contributed by atoms with Gasteiger partial charge in [0, 0.05) is 43.3 Å². The first kappa shape index (κ1) is 20.7. The number of fused-ring (bicyclic) bond motifs is 1. The number of piperazine rings is 1. The van der Waals surface area contributed by atoms with Crippen LogP contribution in [0.3, 0.4) is 0 Å². The molecule has 3 heterocycles. The summed E-state index contributed by atoms with van der Waals surface area (Å²) in [5.41, 5.74) is -0.244. The van der Waals surface area contributed by atoms with Crippen LogP contribution in [-0.2, 0) is 11.3 Å². The molecule has 9 nitrogen and oxygen atoms in total. The molecule has 0 atom stereocenters. The number of rotatable bonds is 6. The summed E-state index contributed by atoms with van der Waals surface area (Å²) in [7, 11) is 0. The lowest BCUT2D eigenvalue weighted by Crippen LogP contribution is -2.54. The smallest absolute Gasteiger partial charge is 0.295 e. The molecule has 2 N–H and O–H groups in total. The molecule has 4 aromatic rings. The number of nitrogens with one attached hydrogen (secondary N) is 2. The number of Topliss-reactive ketones (excluding diaryl/α,β-unsaturated/α-hetero) is 1. The Morgan fingerprint density at radius 3 is 2.58 bits per heavy atom. The third-order valence-corrected chi connectivity index (χ3v) is 5.88. The van der Waals surface area contributed by atoms with E-state index in [1.807, 2.05) is 0 Å². The maximum atomic E-state index is 14.2. The molecule has 0 unspecified atom stereocenters. The summed E-state index contributed by atoms with van der Waals surface area (Å²) in [5.74, 6) is -1.49. The molecular weight excluding hydrogens is 431 g/mol. The van der Waals surface area contributed by atoms with Gasteiger partial charge in [0.15, 0.2) is 0 Å². The molecule has 168 valence electrons. The van der Waals surface area contributed by atoms with Crippen LogP contribution in [0.2, 0.25) is 0 Å². The van der Waals surface area contributed by atoms with Crippen molar-refractivity contribution in [2.75, 3.05) is 36.4 Å². The van der Waals surface area contributed by atoms with Crippen LogP contribution in [0.1, 0.15) is 16.1 Å². The zero-order valence-corrected chi connectivity index (χ0v) is 17.4. The average molecular weight is 450 g/mol. The first-order chi connectivity index (χ1) is 16.0. The van der Waals surface area contributed by atoms with E-state index in [2.05, 4.69) is 10.3 Å². The van der Waals surface area contributed by atoms with Crippen LogP contribution >= 0.6 is 0 Å². The lowest BCUT2D eigenvalue weighted by molar-refractivity contribution is -0.126. The summed E-state index contributed by atoms with van der Waals surface area (Å²) in [5, 5.41) is 3.03. The number of halogens is 1. The molecule has 1 aliphatic rings. The Balaban J connectivity index is 1.26. The lowest BCUT2D eigenvalue weighted by Gasteiger charge is -2.36. The van der Waals surface area contributed by atoms with Gasteiger partial charge in [-0.05, 0) is 24.3 Å². The fourth-order valence-corrected chi connectivity index (χ4v) is 4.15. The summed E-state index contributed by atoms with van der Waals surface area (Å²) < 4.78 is 19.4. The highest BCUT2D eigenvalue weighted by Gasteiger charge is 2.32. The second-order valence-electron chi connectivity index (χ2n) is 7.79. The van der Waals surface area contributed by atoms with Crippen molar-refractivity contribution in [2.24, 2.45) is 0 Å². The number of hydrogen-bond acceptors (Lipinski definition) is 7. The number of H-pyrrole nitrogens is 1. The highest BCUT2D eigenvalue weighted by molar-refractivity contribution is 6.44. The molecule has 0 bridgehead atoms. The zero-order valence-electron chi connectivity index (χ0n) is 17.4. The molecule has 1 saturated heterocycles. The van der Waals surface area contributed by atoms with Crippen LogP contribution in [0.15, 0.2) is 56.8 Å². The van der Waals surface area contributed by atoms with E-state index in [0.717, 1.165) is 0 Å². The van der Waals surface area contributed by atoms with Gasteiger partial charge >= 0.3 is 0 Å². The largest absolute Gasteiger partial charge is 0.467 e. The minimum absolute atomic E-state index is 0.0117. The number of amides is 1. The van der Waals surface area contributed by atoms with Crippen molar-refractivity contribution in [3.8, 4) is 0 Å². The van der Waals surface area contributed by atoms with Gasteiger partial charge in [-0.2, -0.15) is 0 Å². The van der Waals surface area contributed by atoms with E-state index >= 15 is 0 Å². The van der Waals surface area contributed by atoms with Gasteiger partial charge in [-0.3, -0.25) is 19.2 Å². The average Bonchev–Trinajstić information content (AvgIpc) is 3.51. The standard InChI is InChI=1S/C23H19FN4O5/c24-15-4-1-5-16-17(15)14(12-25-16)20(29)23(32)28-8-6-27(7-9-28)19-18(21(30)22(19)31)26-11-13-3-2-10-33-13/h1-5,10,12,25-26H,6-9,11H2. The van der Waals surface area contributed by atoms with Crippen LogP contribution in [0, 0.1) is 5.82 Å². The second-order valence-corrected chi connectivity index (χ2v) is 7.79. The third-order valence-electron chi connectivity index (χ3n) is 5.88. The Morgan fingerprint density at radius 2 is 1.85 bits per heavy atom. The SMILES string of the molecule is O=C(C(=O)N1CCN(c2c(NCc3ccco3)c(=O)c2=O)CC1)c1c[nH]c2cccc(F)c12. The van der Waals surface area contributed by atoms with Crippen molar-refractivity contribution >= 4 is 34.0 Å². The number of hydrogen-bond donors (Lipinski definition) is 2. The van der Waals surface area contributed by atoms with Crippen LogP contribution in [0.4, 0.5) is 15.8 Å². The molecule has 0 saturated carbocycles. The van der Waals surface area contributed by atoms with Gasteiger partial charge in [0.2, 0.25) is 0 Å². The third kappa shape index (κ3) is 3.49. The maximum Gasteiger partial charge on any atom is 0.295 e. The molecule has 33 heavy (non-hydrogen) atoms. The van der Waals surface area contributed by atoms with Gasteiger partial charge in [0.1, 0.15) is 23.0 Å². The molecule has 2 aromatic carbocycles. The predicted octanol–water partition coefficient (Wildman–Crippen LogP) is 1.64. The molecule has 2 aromatic heterocycles. The topological polar surface area (TPSA) is 116 Å². The lowest BCUT2D eigenvalue weighted by atomic mass is 10.1. The molecule has 10 heteroatoms. The summed E-state index contributed by atoms with van der Waals surface area (Å²) in [6.45, 7) is 1.19. The number of carbonyl (C=O) groups excluding carboxylic acids is 2. The summed E-state index contributed by atoms with van der Waals surface area (Å²) in [4.78, 5) is 55.7. The van der Waals surface area contributed by atoms with Crippen molar-refractivity contribution in [1.29, 1.82) is 0 Å². The highest BCUT2D eigenvalue weighted by atomic mass is 19.1. The minimum Gasteiger partial charge on any atom is -0.467 e. The number of aromatic amines is 1. The number of carbonyl (C=O) groups is 2. The van der Waals surface area contributed by atoms with Gasteiger partial charge in [-0.25, -0.2) is 4.39 Å². The number of furan rings is 1.